The number of furan rings is 1. The van der Waals surface area contributed by atoms with Crippen LogP contribution in [-0.4, -0.2) is 110 Å². The minimum Gasteiger partial charge on any atom is -0.756 e. The van der Waals surface area contributed by atoms with Gasteiger partial charge in [-0.1, -0.05) is 95.9 Å². The van der Waals surface area contributed by atoms with Crippen molar-refractivity contribution in [1.82, 2.24) is 0 Å². The molecule has 1 fully saturated rings. The Labute approximate surface area is 378 Å². The highest BCUT2D eigenvalue weighted by Gasteiger charge is 2.35. The number of hydrogen-bond acceptors (Lipinski definition) is 13. The normalized spacial score (nSPS) is 20.3. The maximum absolute atomic E-state index is 12.8. The van der Waals surface area contributed by atoms with Crippen LogP contribution in [0.2, 0.25) is 0 Å². The molecule has 0 bridgehead atoms. The number of quaternary nitrogens is 1. The summed E-state index contributed by atoms with van der Waals surface area (Å²) in [5.74, 6) is 0.888. The molecule has 0 amide bonds. The SMILES string of the molecule is CCCCC[C@H](O)/C=C/[C@H]1OC(O)C[C@H](O)[C@@H]1C/C=C\CCCC(=O)OC[C@H](COP(=O)([O-])OCC[N+](C)(C)C)OC(=O)CCCCCCCCCCc1oc(CCC)c(C)c1C. The number of unbranched alkanes of at least 4 members (excludes halogenated alkanes) is 10. The minimum absolute atomic E-state index is 0.0753. The second-order valence-electron chi connectivity index (χ2n) is 18.2. The van der Waals surface area contributed by atoms with E-state index in [2.05, 4.69) is 27.7 Å². The molecule has 14 nitrogen and oxygen atoms in total. The van der Waals surface area contributed by atoms with Gasteiger partial charge in [-0.3, -0.25) is 14.2 Å². The van der Waals surface area contributed by atoms with E-state index in [-0.39, 0.29) is 38.4 Å². The monoisotopic (exact) mass is 914 g/mol. The highest BCUT2D eigenvalue weighted by atomic mass is 31.2. The van der Waals surface area contributed by atoms with Gasteiger partial charge in [0.1, 0.15) is 31.3 Å². The molecule has 0 saturated carbocycles. The van der Waals surface area contributed by atoms with Crippen LogP contribution in [0.15, 0.2) is 28.7 Å². The van der Waals surface area contributed by atoms with Gasteiger partial charge in [0.15, 0.2) is 12.4 Å². The average Bonchev–Trinajstić information content (AvgIpc) is 3.47. The van der Waals surface area contributed by atoms with Crippen molar-refractivity contribution in [3.8, 4) is 0 Å². The molecular formula is C48H84NO13P. The summed E-state index contributed by atoms with van der Waals surface area (Å²) in [6, 6.07) is 0. The Morgan fingerprint density at radius 1 is 0.841 bits per heavy atom. The first-order valence-electron chi connectivity index (χ1n) is 23.8. The lowest BCUT2D eigenvalue weighted by atomic mass is 9.87. The van der Waals surface area contributed by atoms with Gasteiger partial charge in [-0.05, 0) is 69.9 Å². The number of aryl methyl sites for hydroxylation is 2. The van der Waals surface area contributed by atoms with Crippen molar-refractivity contribution in [2.45, 2.75) is 193 Å². The van der Waals surface area contributed by atoms with Gasteiger partial charge in [0.05, 0.1) is 46.1 Å². The number of esters is 2. The van der Waals surface area contributed by atoms with Gasteiger partial charge in [0, 0.05) is 38.0 Å². The van der Waals surface area contributed by atoms with Crippen LogP contribution in [0.5, 0.6) is 0 Å². The summed E-state index contributed by atoms with van der Waals surface area (Å²) in [4.78, 5) is 37.9. The predicted octanol–water partition coefficient (Wildman–Crippen LogP) is 8.26. The number of rotatable bonds is 35. The van der Waals surface area contributed by atoms with E-state index >= 15 is 0 Å². The van der Waals surface area contributed by atoms with Gasteiger partial charge >= 0.3 is 11.9 Å². The lowest BCUT2D eigenvalue weighted by molar-refractivity contribution is -0.870. The molecule has 3 N–H and O–H groups in total. The molecule has 1 aromatic heterocycles. The summed E-state index contributed by atoms with van der Waals surface area (Å²) in [5, 5.41) is 31.0. The Morgan fingerprint density at radius 2 is 1.49 bits per heavy atom. The maximum atomic E-state index is 12.8. The highest BCUT2D eigenvalue weighted by molar-refractivity contribution is 7.45. The van der Waals surface area contributed by atoms with Gasteiger partial charge in [-0.15, -0.1) is 0 Å². The molecule has 0 aromatic carbocycles. The Hall–Kier alpha value is -2.39. The number of likely N-dealkylation sites (N-methyl/N-ethyl adjacent to an activating group) is 1. The molecule has 63 heavy (non-hydrogen) atoms. The Balaban J connectivity index is 1.76. The summed E-state index contributed by atoms with van der Waals surface area (Å²) in [6.45, 7) is 8.00. The van der Waals surface area contributed by atoms with E-state index in [1.165, 1.54) is 11.1 Å². The van der Waals surface area contributed by atoms with Gasteiger partial charge in [-0.25, -0.2) is 0 Å². The first-order chi connectivity index (χ1) is 29.9. The van der Waals surface area contributed by atoms with Crippen LogP contribution >= 0.6 is 7.82 Å². The smallest absolute Gasteiger partial charge is 0.306 e. The number of carbonyl (C=O) groups excluding carboxylic acids is 2. The van der Waals surface area contributed by atoms with Gasteiger partial charge < -0.3 is 52.4 Å². The lowest BCUT2D eigenvalue weighted by Crippen LogP contribution is -2.43. The lowest BCUT2D eigenvalue weighted by Gasteiger charge is -2.36. The molecule has 2 heterocycles. The van der Waals surface area contributed by atoms with Crippen molar-refractivity contribution in [1.29, 1.82) is 0 Å². The molecule has 1 saturated heterocycles. The van der Waals surface area contributed by atoms with Crippen molar-refractivity contribution in [3.63, 3.8) is 0 Å². The molecule has 15 heteroatoms. The minimum atomic E-state index is -4.71. The van der Waals surface area contributed by atoms with E-state index < -0.39 is 57.1 Å². The third kappa shape index (κ3) is 25.8. The van der Waals surface area contributed by atoms with E-state index in [9.17, 15) is 34.4 Å². The fraction of sp³-hybridized carbons (Fsp3) is 0.792. The number of carbonyl (C=O) groups is 2. The number of aliphatic hydroxyl groups is 3. The largest absolute Gasteiger partial charge is 0.756 e. The van der Waals surface area contributed by atoms with Gasteiger partial charge in [-0.2, -0.15) is 0 Å². The van der Waals surface area contributed by atoms with Crippen molar-refractivity contribution in [3.05, 3.63) is 47.0 Å². The van der Waals surface area contributed by atoms with Gasteiger partial charge in [0.25, 0.3) is 7.82 Å². The first kappa shape index (κ1) is 56.7. The fourth-order valence-corrected chi connectivity index (χ4v) is 8.12. The number of aliphatic hydroxyl groups excluding tert-OH is 3. The average molecular weight is 914 g/mol. The van der Waals surface area contributed by atoms with E-state index in [1.54, 1.807) is 12.2 Å². The number of phosphoric ester groups is 1. The van der Waals surface area contributed by atoms with Crippen LogP contribution in [0, 0.1) is 19.8 Å². The third-order valence-corrected chi connectivity index (χ3v) is 12.4. The standard InChI is InChI=1S/C48H84NO13P/c1-8-10-19-25-39(50)30-31-45-41(42(51)34-48(54)62-45)26-20-17-18-22-28-46(52)57-35-40(36-59-63(55,56)58-33-32-49(5,6)7)60-47(53)29-23-16-14-12-11-13-15-21-27-44-38(4)37(3)43(61-44)24-9-2/h17,20,30-31,39-42,45,48,50-51,54H,8-16,18-19,21-29,32-36H2,1-7H3/b20-17-,31-30+/t39-,40+,41-,42-,45+,48?/m0/s1. The van der Waals surface area contributed by atoms with Crippen LogP contribution in [0.4, 0.5) is 0 Å². The summed E-state index contributed by atoms with van der Waals surface area (Å²) in [5.41, 5.74) is 2.59. The van der Waals surface area contributed by atoms with Crippen LogP contribution in [0.1, 0.15) is 158 Å². The molecule has 7 atom stereocenters. The molecule has 1 aliphatic heterocycles. The molecule has 2 rings (SSSR count). The van der Waals surface area contributed by atoms with Crippen molar-refractivity contribution >= 4 is 19.8 Å². The Morgan fingerprint density at radius 3 is 2.16 bits per heavy atom. The Bertz CT molecular complexity index is 1520. The van der Waals surface area contributed by atoms with Crippen molar-refractivity contribution in [2.75, 3.05) is 47.5 Å². The molecule has 0 aliphatic carbocycles. The second-order valence-corrected chi connectivity index (χ2v) is 19.6. The maximum Gasteiger partial charge on any atom is 0.306 e. The fourth-order valence-electron chi connectivity index (χ4n) is 7.39. The van der Waals surface area contributed by atoms with Crippen LogP contribution in [-0.2, 0) is 50.3 Å². The number of hydrogen-bond donors (Lipinski definition) is 3. The molecule has 1 aromatic rings. The van der Waals surface area contributed by atoms with Crippen LogP contribution < -0.4 is 4.89 Å². The number of ether oxygens (including phenoxy) is 3. The number of phosphoric acid groups is 1. The van der Waals surface area contributed by atoms with E-state index in [4.69, 9.17) is 27.7 Å². The molecular weight excluding hydrogens is 829 g/mol. The summed E-state index contributed by atoms with van der Waals surface area (Å²) < 4.78 is 45.7. The van der Waals surface area contributed by atoms with E-state index in [0.717, 1.165) is 95.0 Å². The zero-order valence-electron chi connectivity index (χ0n) is 39.8. The molecule has 364 valence electrons. The second kappa shape index (κ2) is 31.5. The van der Waals surface area contributed by atoms with Crippen molar-refractivity contribution < 1.29 is 66.5 Å². The zero-order chi connectivity index (χ0) is 46.7. The molecule has 1 aliphatic rings. The Kier molecular flexibility index (Phi) is 28.4. The molecule has 0 radical (unpaired) electrons. The first-order valence-corrected chi connectivity index (χ1v) is 25.3. The summed E-state index contributed by atoms with van der Waals surface area (Å²) in [6.07, 6.45) is 19.6. The molecule has 0 spiro atoms. The molecule has 2 unspecified atom stereocenters. The summed E-state index contributed by atoms with van der Waals surface area (Å²) >= 11 is 0. The third-order valence-electron chi connectivity index (χ3n) is 11.4. The predicted molar refractivity (Wildman–Crippen MR) is 243 cm³/mol. The quantitative estimate of drug-likeness (QED) is 0.0194. The van der Waals surface area contributed by atoms with Crippen LogP contribution in [0.3, 0.4) is 0 Å². The summed E-state index contributed by atoms with van der Waals surface area (Å²) in [7, 11) is 0.993. The zero-order valence-corrected chi connectivity index (χ0v) is 40.7. The number of allylic oxidation sites excluding steroid dienone is 2. The topological polar surface area (TPSA) is 194 Å². The highest BCUT2D eigenvalue weighted by Crippen LogP contribution is 2.38. The number of nitrogens with zero attached hydrogens (tertiary/aromatic N) is 1. The van der Waals surface area contributed by atoms with Crippen molar-refractivity contribution in [2.24, 2.45) is 5.92 Å². The van der Waals surface area contributed by atoms with Crippen LogP contribution in [0.25, 0.3) is 0 Å². The van der Waals surface area contributed by atoms with Gasteiger partial charge in [0.2, 0.25) is 0 Å². The van der Waals surface area contributed by atoms with E-state index in [0.29, 0.717) is 43.1 Å². The van der Waals surface area contributed by atoms with E-state index in [1.807, 2.05) is 33.3 Å².